The number of nitrogens with one attached hydrogen (secondary N) is 1. The van der Waals surface area contributed by atoms with Gasteiger partial charge in [-0.05, 0) is 30.7 Å². The third kappa shape index (κ3) is 2.39. The fourth-order valence-corrected chi connectivity index (χ4v) is 2.35. The molecule has 21 heavy (non-hydrogen) atoms. The number of aryl methyl sites for hydroxylation is 1. The molecule has 0 spiro atoms. The van der Waals surface area contributed by atoms with E-state index in [4.69, 9.17) is 5.73 Å². The van der Waals surface area contributed by atoms with Crippen LogP contribution in [0, 0.1) is 6.92 Å². The molecule has 0 fully saturated rings. The van der Waals surface area contributed by atoms with Crippen LogP contribution >= 0.6 is 0 Å². The monoisotopic (exact) mass is 281 g/mol. The van der Waals surface area contributed by atoms with Crippen molar-refractivity contribution in [2.45, 2.75) is 13.5 Å². The van der Waals surface area contributed by atoms with E-state index in [1.807, 2.05) is 6.92 Å². The van der Waals surface area contributed by atoms with E-state index in [0.717, 1.165) is 5.56 Å². The Morgan fingerprint density at radius 1 is 1.14 bits per heavy atom. The van der Waals surface area contributed by atoms with Crippen molar-refractivity contribution in [3.63, 3.8) is 0 Å². The summed E-state index contributed by atoms with van der Waals surface area (Å²) in [4.78, 5) is 27.2. The Kier molecular flexibility index (Phi) is 3.19. The van der Waals surface area contributed by atoms with Crippen molar-refractivity contribution in [3.05, 3.63) is 74.4 Å². The quantitative estimate of drug-likeness (QED) is 0.746. The SMILES string of the molecule is Cc1ccc(=O)n(-c2ccc3[nH]c(CN)cc(=O)c3c2)c1. The maximum absolute atomic E-state index is 12.1. The van der Waals surface area contributed by atoms with Gasteiger partial charge in [-0.15, -0.1) is 0 Å². The smallest absolute Gasteiger partial charge is 0.255 e. The van der Waals surface area contributed by atoms with Crippen LogP contribution in [0.2, 0.25) is 0 Å². The van der Waals surface area contributed by atoms with Crippen LogP contribution in [0.1, 0.15) is 11.3 Å². The van der Waals surface area contributed by atoms with Gasteiger partial charge in [0, 0.05) is 47.2 Å². The maximum Gasteiger partial charge on any atom is 0.255 e. The molecule has 0 aliphatic carbocycles. The lowest BCUT2D eigenvalue weighted by Crippen LogP contribution is -2.17. The third-order valence-electron chi connectivity index (χ3n) is 3.43. The molecule has 0 atom stereocenters. The maximum atomic E-state index is 12.1. The summed E-state index contributed by atoms with van der Waals surface area (Å²) in [6.07, 6.45) is 1.76. The average Bonchev–Trinajstić information content (AvgIpc) is 2.49. The molecule has 0 radical (unpaired) electrons. The topological polar surface area (TPSA) is 80.9 Å². The fraction of sp³-hybridized carbons (Fsp3) is 0.125. The van der Waals surface area contributed by atoms with Crippen LogP contribution in [-0.4, -0.2) is 9.55 Å². The van der Waals surface area contributed by atoms with Crippen molar-refractivity contribution < 1.29 is 0 Å². The second-order valence-electron chi connectivity index (χ2n) is 5.01. The van der Waals surface area contributed by atoms with Crippen LogP contribution < -0.4 is 16.7 Å². The van der Waals surface area contributed by atoms with Crippen LogP contribution in [-0.2, 0) is 6.54 Å². The molecule has 0 saturated carbocycles. The minimum atomic E-state index is -0.130. The molecule has 0 saturated heterocycles. The lowest BCUT2D eigenvalue weighted by molar-refractivity contribution is 0.976. The summed E-state index contributed by atoms with van der Waals surface area (Å²) >= 11 is 0. The Hall–Kier alpha value is -2.66. The van der Waals surface area contributed by atoms with Crippen molar-refractivity contribution in [2.24, 2.45) is 5.73 Å². The number of benzene rings is 1. The summed E-state index contributed by atoms with van der Waals surface area (Å²) in [5.41, 5.74) is 8.36. The minimum Gasteiger partial charge on any atom is -0.357 e. The molecule has 5 nitrogen and oxygen atoms in total. The minimum absolute atomic E-state index is 0.105. The highest BCUT2D eigenvalue weighted by Crippen LogP contribution is 2.14. The molecule has 0 unspecified atom stereocenters. The molecule has 3 aromatic rings. The van der Waals surface area contributed by atoms with Crippen molar-refractivity contribution >= 4 is 10.9 Å². The molecule has 0 amide bonds. The van der Waals surface area contributed by atoms with Crippen molar-refractivity contribution in [3.8, 4) is 5.69 Å². The first kappa shape index (κ1) is 13.3. The lowest BCUT2D eigenvalue weighted by atomic mass is 10.1. The van der Waals surface area contributed by atoms with Gasteiger partial charge >= 0.3 is 0 Å². The molecule has 1 aromatic carbocycles. The molecular formula is C16H15N3O2. The van der Waals surface area contributed by atoms with Crippen LogP contribution in [0.3, 0.4) is 0 Å². The molecule has 3 rings (SSSR count). The van der Waals surface area contributed by atoms with Crippen LogP contribution in [0.5, 0.6) is 0 Å². The summed E-state index contributed by atoms with van der Waals surface area (Å²) in [6.45, 7) is 2.20. The highest BCUT2D eigenvalue weighted by Gasteiger charge is 2.05. The van der Waals surface area contributed by atoms with Gasteiger partial charge in [0.05, 0.1) is 0 Å². The number of hydrogen-bond acceptors (Lipinski definition) is 3. The molecular weight excluding hydrogens is 266 g/mol. The predicted molar refractivity (Wildman–Crippen MR) is 82.8 cm³/mol. The van der Waals surface area contributed by atoms with Crippen molar-refractivity contribution in [1.82, 2.24) is 9.55 Å². The number of aromatic nitrogens is 2. The summed E-state index contributed by atoms with van der Waals surface area (Å²) in [6, 6.07) is 10.1. The molecule has 3 N–H and O–H groups in total. The molecule has 0 aliphatic heterocycles. The average molecular weight is 281 g/mol. The van der Waals surface area contributed by atoms with Crippen LogP contribution in [0.25, 0.3) is 16.6 Å². The molecule has 5 heteroatoms. The van der Waals surface area contributed by atoms with E-state index in [1.54, 1.807) is 30.5 Å². The first-order chi connectivity index (χ1) is 10.1. The number of H-pyrrole nitrogens is 1. The van der Waals surface area contributed by atoms with Crippen molar-refractivity contribution in [1.29, 1.82) is 0 Å². The second-order valence-corrected chi connectivity index (χ2v) is 5.01. The standard InChI is InChI=1S/C16H15N3O2/c1-10-2-5-16(21)19(9-10)12-3-4-14-13(7-12)15(20)6-11(8-17)18-14/h2-7,9H,8,17H2,1H3,(H,18,20). The molecule has 2 heterocycles. The van der Waals surface area contributed by atoms with Gasteiger partial charge in [0.1, 0.15) is 0 Å². The molecule has 0 bridgehead atoms. The highest BCUT2D eigenvalue weighted by atomic mass is 16.1. The zero-order valence-corrected chi connectivity index (χ0v) is 11.6. The summed E-state index contributed by atoms with van der Waals surface area (Å²) in [5.74, 6) is 0. The summed E-state index contributed by atoms with van der Waals surface area (Å²) < 4.78 is 1.53. The summed E-state index contributed by atoms with van der Waals surface area (Å²) in [5, 5.41) is 0.540. The van der Waals surface area contributed by atoms with Crippen LogP contribution in [0.15, 0.2) is 52.2 Å². The third-order valence-corrected chi connectivity index (χ3v) is 3.43. The van der Waals surface area contributed by atoms with Gasteiger partial charge in [-0.3, -0.25) is 14.2 Å². The number of aromatic amines is 1. The van der Waals surface area contributed by atoms with Crippen molar-refractivity contribution in [2.75, 3.05) is 0 Å². The van der Waals surface area contributed by atoms with E-state index >= 15 is 0 Å². The predicted octanol–water partition coefficient (Wildman–Crippen LogP) is 1.45. The van der Waals surface area contributed by atoms with E-state index in [2.05, 4.69) is 4.98 Å². The van der Waals surface area contributed by atoms with Gasteiger partial charge in [0.25, 0.3) is 5.56 Å². The number of pyridine rings is 2. The van der Waals surface area contributed by atoms with Gasteiger partial charge in [0.2, 0.25) is 0 Å². The van der Waals surface area contributed by atoms with E-state index in [0.29, 0.717) is 22.3 Å². The number of hydrogen-bond donors (Lipinski definition) is 2. The summed E-state index contributed by atoms with van der Waals surface area (Å²) in [7, 11) is 0. The fourth-order valence-electron chi connectivity index (χ4n) is 2.35. The van der Waals surface area contributed by atoms with Gasteiger partial charge < -0.3 is 10.7 Å². The van der Waals surface area contributed by atoms with Gasteiger partial charge in [-0.2, -0.15) is 0 Å². The zero-order valence-electron chi connectivity index (χ0n) is 11.6. The first-order valence-electron chi connectivity index (χ1n) is 6.64. The van der Waals surface area contributed by atoms with E-state index in [9.17, 15) is 9.59 Å². The normalized spacial score (nSPS) is 11.0. The highest BCUT2D eigenvalue weighted by molar-refractivity contribution is 5.80. The Morgan fingerprint density at radius 3 is 2.71 bits per heavy atom. The molecule has 0 aliphatic rings. The number of rotatable bonds is 2. The van der Waals surface area contributed by atoms with E-state index < -0.39 is 0 Å². The molecule has 106 valence electrons. The van der Waals surface area contributed by atoms with E-state index in [1.165, 1.54) is 16.7 Å². The Bertz CT molecular complexity index is 938. The van der Waals surface area contributed by atoms with E-state index in [-0.39, 0.29) is 17.5 Å². The zero-order chi connectivity index (χ0) is 15.0. The number of nitrogens with two attached hydrogens (primary N) is 1. The molecule has 2 aromatic heterocycles. The van der Waals surface area contributed by atoms with Gasteiger partial charge in [-0.25, -0.2) is 0 Å². The number of nitrogens with zero attached hydrogens (tertiary/aromatic N) is 1. The van der Waals surface area contributed by atoms with Crippen LogP contribution in [0.4, 0.5) is 0 Å². The number of fused-ring (bicyclic) bond motifs is 1. The Morgan fingerprint density at radius 2 is 1.95 bits per heavy atom. The lowest BCUT2D eigenvalue weighted by Gasteiger charge is -2.08. The Labute approximate surface area is 120 Å². The van der Waals surface area contributed by atoms with Gasteiger partial charge in [-0.1, -0.05) is 6.07 Å². The Balaban J connectivity index is 2.27. The largest absolute Gasteiger partial charge is 0.357 e. The first-order valence-corrected chi connectivity index (χ1v) is 6.64. The van der Waals surface area contributed by atoms with Gasteiger partial charge in [0.15, 0.2) is 5.43 Å². The second kappa shape index (κ2) is 5.03.